The third kappa shape index (κ3) is 3.43. The van der Waals surface area contributed by atoms with Crippen LogP contribution in [0.25, 0.3) is 39.0 Å². The normalized spacial score (nSPS) is 14.4. The summed E-state index contributed by atoms with van der Waals surface area (Å²) in [4.78, 5) is 4.90. The third-order valence-electron chi connectivity index (χ3n) is 10.3. The van der Waals surface area contributed by atoms with Gasteiger partial charge in [-0.25, -0.2) is 0 Å². The highest BCUT2D eigenvalue weighted by Gasteiger charge is 2.42. The molecule has 47 heavy (non-hydrogen) atoms. The van der Waals surface area contributed by atoms with Gasteiger partial charge in [-0.05, 0) is 89.5 Å². The maximum Gasteiger partial charge on any atom is 0.252 e. The zero-order valence-electron chi connectivity index (χ0n) is 25.5. The van der Waals surface area contributed by atoms with Gasteiger partial charge in [0.25, 0.3) is 6.71 Å². The Morgan fingerprint density at radius 1 is 0.511 bits per heavy atom. The largest absolute Gasteiger partial charge is 0.460 e. The van der Waals surface area contributed by atoms with Crippen LogP contribution in [0, 0.1) is 0 Å². The Kier molecular flexibility index (Phi) is 5.00. The van der Waals surface area contributed by atoms with E-state index in [0.29, 0.717) is 0 Å². The molecule has 0 fully saturated rings. The lowest BCUT2D eigenvalue weighted by Crippen LogP contribution is -2.61. The predicted octanol–water partition coefficient (Wildman–Crippen LogP) is 9.37. The zero-order chi connectivity index (χ0) is 30.6. The SMILES string of the molecule is C1=Cc2c(oc3ccc(N4c5ccccc5B5c6ccccc6N(c6ccc7oc8ccccc8c7c6)c6cccc4c65)cc23)CC1. The van der Waals surface area contributed by atoms with Crippen molar-refractivity contribution in [2.75, 3.05) is 9.80 Å². The molecule has 4 nitrogen and oxygen atoms in total. The van der Waals surface area contributed by atoms with Crippen molar-refractivity contribution in [1.82, 2.24) is 0 Å². The molecule has 0 bridgehead atoms. The lowest BCUT2D eigenvalue weighted by atomic mass is 9.33. The molecule has 1 aliphatic carbocycles. The number of anilines is 6. The number of nitrogens with zero attached hydrogens (tertiary/aromatic N) is 2. The van der Waals surface area contributed by atoms with Crippen molar-refractivity contribution in [3.8, 4) is 0 Å². The molecule has 0 radical (unpaired) electrons. The van der Waals surface area contributed by atoms with Crippen LogP contribution in [-0.4, -0.2) is 6.71 Å². The quantitative estimate of drug-likeness (QED) is 0.185. The lowest BCUT2D eigenvalue weighted by Gasteiger charge is -2.44. The molecule has 3 aliphatic rings. The molecule has 0 N–H and O–H groups in total. The van der Waals surface area contributed by atoms with Crippen molar-refractivity contribution in [1.29, 1.82) is 0 Å². The summed E-state index contributed by atoms with van der Waals surface area (Å²) >= 11 is 0. The smallest absolute Gasteiger partial charge is 0.252 e. The number of fused-ring (bicyclic) bond motifs is 10. The molecule has 5 heteroatoms. The molecule has 4 heterocycles. The van der Waals surface area contributed by atoms with E-state index in [0.717, 1.165) is 57.5 Å². The Hall–Kier alpha value is -5.94. The van der Waals surface area contributed by atoms with Gasteiger partial charge in [-0.1, -0.05) is 72.8 Å². The second-order valence-electron chi connectivity index (χ2n) is 12.8. The molecule has 0 amide bonds. The van der Waals surface area contributed by atoms with Crippen LogP contribution in [0.5, 0.6) is 0 Å². The first-order chi connectivity index (χ1) is 23.3. The standard InChI is InChI=1S/C42H27BN2O2/c1-7-18-38-28(10-1)30-24-26(20-22-40(30)46-38)44-34-14-5-3-12-32(34)43-33-13-4-6-15-35(33)45(37-17-9-16-36(44)42(37)43)27-21-23-41-31(25-27)29-11-2-8-19-39(29)47-41/h1-7,9-18,20-25H,8,19H2. The van der Waals surface area contributed by atoms with E-state index in [9.17, 15) is 0 Å². The Bertz CT molecular complexity index is 2630. The number of allylic oxidation sites excluding steroid dienone is 1. The second-order valence-corrected chi connectivity index (χ2v) is 12.8. The highest BCUT2D eigenvalue weighted by molar-refractivity contribution is 7.00. The van der Waals surface area contributed by atoms with Crippen molar-refractivity contribution in [2.45, 2.75) is 12.8 Å². The van der Waals surface area contributed by atoms with E-state index >= 15 is 0 Å². The first-order valence-electron chi connectivity index (χ1n) is 16.4. The molecular formula is C42H27BN2O2. The van der Waals surface area contributed by atoms with E-state index in [1.807, 2.05) is 12.1 Å². The fourth-order valence-corrected chi connectivity index (χ4v) is 8.32. The van der Waals surface area contributed by atoms with Gasteiger partial charge >= 0.3 is 0 Å². The van der Waals surface area contributed by atoms with E-state index in [2.05, 4.69) is 137 Å². The van der Waals surface area contributed by atoms with E-state index in [1.165, 1.54) is 50.1 Å². The van der Waals surface area contributed by atoms with Crippen LogP contribution in [0.1, 0.15) is 17.7 Å². The van der Waals surface area contributed by atoms with E-state index in [1.54, 1.807) is 0 Å². The summed E-state index contributed by atoms with van der Waals surface area (Å²) < 4.78 is 12.5. The monoisotopic (exact) mass is 602 g/mol. The fourth-order valence-electron chi connectivity index (χ4n) is 8.32. The van der Waals surface area contributed by atoms with Crippen LogP contribution in [0.15, 0.2) is 142 Å². The van der Waals surface area contributed by atoms with Crippen LogP contribution in [-0.2, 0) is 6.42 Å². The number of furan rings is 2. The Morgan fingerprint density at radius 2 is 1.11 bits per heavy atom. The number of aryl methyl sites for hydroxylation is 1. The van der Waals surface area contributed by atoms with Gasteiger partial charge in [0, 0.05) is 62.3 Å². The van der Waals surface area contributed by atoms with Gasteiger partial charge in [0.1, 0.15) is 22.5 Å². The van der Waals surface area contributed by atoms with E-state index < -0.39 is 0 Å². The summed E-state index contributed by atoms with van der Waals surface area (Å²) in [5, 5.41) is 3.43. The summed E-state index contributed by atoms with van der Waals surface area (Å²) in [6.45, 7) is 0.105. The van der Waals surface area contributed by atoms with Crippen LogP contribution in [0.2, 0.25) is 0 Å². The Morgan fingerprint density at radius 3 is 1.85 bits per heavy atom. The zero-order valence-corrected chi connectivity index (χ0v) is 25.5. The maximum atomic E-state index is 6.30. The van der Waals surface area contributed by atoms with E-state index in [4.69, 9.17) is 8.83 Å². The number of hydrogen-bond acceptors (Lipinski definition) is 4. The minimum Gasteiger partial charge on any atom is -0.460 e. The molecule has 0 atom stereocenters. The maximum absolute atomic E-state index is 6.30. The minimum atomic E-state index is 0.105. The molecule has 6 aromatic carbocycles. The number of para-hydroxylation sites is 3. The molecule has 0 saturated carbocycles. The molecule has 2 aliphatic heterocycles. The van der Waals surface area contributed by atoms with Gasteiger partial charge in [0.05, 0.1) is 0 Å². The molecule has 2 aromatic heterocycles. The Labute approximate surface area is 271 Å². The lowest BCUT2D eigenvalue weighted by molar-refractivity contribution is 0.546. The van der Waals surface area contributed by atoms with Gasteiger partial charge in [-0.2, -0.15) is 0 Å². The second kappa shape index (κ2) is 9.30. The summed E-state index contributed by atoms with van der Waals surface area (Å²) in [6, 6.07) is 46.2. The highest BCUT2D eigenvalue weighted by Crippen LogP contribution is 2.45. The van der Waals surface area contributed by atoms with Crippen LogP contribution in [0.4, 0.5) is 34.1 Å². The van der Waals surface area contributed by atoms with Crippen molar-refractivity contribution < 1.29 is 8.83 Å². The molecule has 0 spiro atoms. The molecule has 220 valence electrons. The van der Waals surface area contributed by atoms with Gasteiger partial charge < -0.3 is 18.6 Å². The van der Waals surface area contributed by atoms with Crippen LogP contribution in [0.3, 0.4) is 0 Å². The molecule has 0 saturated heterocycles. The third-order valence-corrected chi connectivity index (χ3v) is 10.3. The minimum absolute atomic E-state index is 0.105. The van der Waals surface area contributed by atoms with Crippen molar-refractivity contribution in [2.24, 2.45) is 0 Å². The summed E-state index contributed by atoms with van der Waals surface area (Å²) in [5.41, 5.74) is 15.0. The first kappa shape index (κ1) is 25.3. The van der Waals surface area contributed by atoms with Crippen molar-refractivity contribution in [3.05, 3.63) is 145 Å². The average molecular weight is 603 g/mol. The summed E-state index contributed by atoms with van der Waals surface area (Å²) in [7, 11) is 0. The van der Waals surface area contributed by atoms with Gasteiger partial charge in [-0.15, -0.1) is 0 Å². The number of benzene rings is 6. The summed E-state index contributed by atoms with van der Waals surface area (Å²) in [5.74, 6) is 1.09. The van der Waals surface area contributed by atoms with Crippen LogP contribution >= 0.6 is 0 Å². The number of hydrogen-bond donors (Lipinski definition) is 0. The average Bonchev–Trinajstić information content (AvgIpc) is 3.69. The van der Waals surface area contributed by atoms with E-state index in [-0.39, 0.29) is 6.71 Å². The van der Waals surface area contributed by atoms with Crippen LogP contribution < -0.4 is 26.2 Å². The first-order valence-corrected chi connectivity index (χ1v) is 16.4. The number of rotatable bonds is 2. The van der Waals surface area contributed by atoms with Crippen molar-refractivity contribution >= 4 is 96.2 Å². The molecule has 0 unspecified atom stereocenters. The summed E-state index contributed by atoms with van der Waals surface area (Å²) in [6.07, 6.45) is 6.46. The predicted molar refractivity (Wildman–Crippen MR) is 195 cm³/mol. The Balaban J connectivity index is 1.17. The molecular weight excluding hydrogens is 575 g/mol. The van der Waals surface area contributed by atoms with Gasteiger partial charge in [-0.3, -0.25) is 0 Å². The van der Waals surface area contributed by atoms with Crippen molar-refractivity contribution in [3.63, 3.8) is 0 Å². The fraction of sp³-hybridized carbons (Fsp3) is 0.0476. The molecule has 11 rings (SSSR count). The van der Waals surface area contributed by atoms with Gasteiger partial charge in [0.2, 0.25) is 0 Å². The van der Waals surface area contributed by atoms with Gasteiger partial charge in [0.15, 0.2) is 0 Å². The molecule has 8 aromatic rings. The highest BCUT2D eigenvalue weighted by atomic mass is 16.3. The topological polar surface area (TPSA) is 32.8 Å².